The summed E-state index contributed by atoms with van der Waals surface area (Å²) in [4.78, 5) is 13.4. The van der Waals surface area contributed by atoms with Gasteiger partial charge in [0.1, 0.15) is 11.3 Å². The summed E-state index contributed by atoms with van der Waals surface area (Å²) in [6, 6.07) is 19.6. The summed E-state index contributed by atoms with van der Waals surface area (Å²) in [7, 11) is 0. The molecule has 5 rings (SSSR count). The van der Waals surface area contributed by atoms with E-state index in [9.17, 15) is 5.26 Å². The summed E-state index contributed by atoms with van der Waals surface area (Å²) >= 11 is 0. The summed E-state index contributed by atoms with van der Waals surface area (Å²) in [5.74, 6) is 7.12. The molecule has 0 radical (unpaired) electrons. The predicted molar refractivity (Wildman–Crippen MR) is 125 cm³/mol. The number of hydrogen-bond acceptors (Lipinski definition) is 5. The van der Waals surface area contributed by atoms with E-state index >= 15 is 0 Å². The van der Waals surface area contributed by atoms with Crippen molar-refractivity contribution in [1.82, 2.24) is 19.5 Å². The van der Waals surface area contributed by atoms with Gasteiger partial charge in [-0.3, -0.25) is 14.5 Å². The fourth-order valence-electron chi connectivity index (χ4n) is 3.89. The molecule has 33 heavy (non-hydrogen) atoms. The number of rotatable bonds is 2. The summed E-state index contributed by atoms with van der Waals surface area (Å²) in [6.45, 7) is 1.92. The molecule has 0 aliphatic carbocycles. The highest BCUT2D eigenvalue weighted by atomic mass is 15.1. The lowest BCUT2D eigenvalue weighted by molar-refractivity contribution is 1.000. The average molecular weight is 424 g/mol. The van der Waals surface area contributed by atoms with Crippen LogP contribution in [0.15, 0.2) is 67.1 Å². The lowest BCUT2D eigenvalue weighted by Gasteiger charge is -2.11. The molecule has 2 aromatic carbocycles. The summed E-state index contributed by atoms with van der Waals surface area (Å²) < 4.78 is 2.02. The number of pyridine rings is 2. The van der Waals surface area contributed by atoms with Gasteiger partial charge in [0.15, 0.2) is 0 Å². The van der Waals surface area contributed by atoms with Crippen LogP contribution in [0, 0.1) is 41.4 Å². The maximum Gasteiger partial charge on any atom is 0.111 e. The molecule has 0 atom stereocenters. The summed E-state index contributed by atoms with van der Waals surface area (Å²) in [6.07, 6.45) is 5.41. The van der Waals surface area contributed by atoms with E-state index in [0.29, 0.717) is 11.1 Å². The van der Waals surface area contributed by atoms with Crippen molar-refractivity contribution in [3.05, 3.63) is 95.2 Å². The van der Waals surface area contributed by atoms with Crippen LogP contribution in [-0.4, -0.2) is 19.5 Å². The highest BCUT2D eigenvalue weighted by molar-refractivity contribution is 6.03. The van der Waals surface area contributed by atoms with Crippen molar-refractivity contribution in [1.29, 1.82) is 10.5 Å². The van der Waals surface area contributed by atoms with Gasteiger partial charge in [0.05, 0.1) is 41.4 Å². The molecule has 6 heteroatoms. The molecule has 0 amide bonds. The van der Waals surface area contributed by atoms with Gasteiger partial charge >= 0.3 is 0 Å². The minimum atomic E-state index is 0.193. The molecule has 0 saturated heterocycles. The third kappa shape index (κ3) is 3.65. The Kier molecular flexibility index (Phi) is 5.00. The second-order valence-corrected chi connectivity index (χ2v) is 7.50. The molecule has 3 aromatic heterocycles. The molecule has 0 saturated carbocycles. The largest absolute Gasteiger partial charge is 0.296 e. The Morgan fingerprint density at radius 1 is 0.939 bits per heavy atom. The fraction of sp³-hybridized carbons (Fsp3) is 0.0741. The number of imidazole rings is 1. The maximum atomic E-state index is 9.60. The van der Waals surface area contributed by atoms with Gasteiger partial charge < -0.3 is 0 Å². The van der Waals surface area contributed by atoms with Crippen LogP contribution >= 0.6 is 0 Å². The summed E-state index contributed by atoms with van der Waals surface area (Å²) in [5, 5.41) is 19.6. The smallest absolute Gasteiger partial charge is 0.111 e. The average Bonchev–Trinajstić information content (AvgIpc) is 3.20. The minimum absolute atomic E-state index is 0.193. The van der Waals surface area contributed by atoms with Gasteiger partial charge in [-0.25, -0.2) is 4.98 Å². The lowest BCUT2D eigenvalue weighted by atomic mass is 10.0. The normalized spacial score (nSPS) is 10.4. The first-order valence-electron chi connectivity index (χ1n) is 10.3. The molecular formula is C27H16N6. The monoisotopic (exact) mass is 424 g/mol. The van der Waals surface area contributed by atoms with Crippen LogP contribution in [0.2, 0.25) is 0 Å². The number of benzene rings is 2. The molecule has 0 aliphatic rings. The van der Waals surface area contributed by atoms with Crippen LogP contribution in [0.4, 0.5) is 0 Å². The number of nitriles is 2. The van der Waals surface area contributed by atoms with E-state index in [1.54, 1.807) is 24.7 Å². The van der Waals surface area contributed by atoms with Crippen molar-refractivity contribution in [3.63, 3.8) is 0 Å². The molecule has 0 N–H and O–H groups in total. The topological polar surface area (TPSA) is 91.2 Å². The van der Waals surface area contributed by atoms with Crippen molar-refractivity contribution in [2.24, 2.45) is 0 Å². The van der Waals surface area contributed by atoms with Crippen molar-refractivity contribution in [2.75, 3.05) is 0 Å². The first-order chi connectivity index (χ1) is 16.2. The summed E-state index contributed by atoms with van der Waals surface area (Å²) in [5.41, 5.74) is 6.20. The van der Waals surface area contributed by atoms with Crippen LogP contribution in [0.5, 0.6) is 0 Å². The van der Waals surface area contributed by atoms with Gasteiger partial charge in [-0.1, -0.05) is 17.9 Å². The van der Waals surface area contributed by atoms with Crippen LogP contribution in [-0.2, 0) is 6.42 Å². The van der Waals surface area contributed by atoms with Gasteiger partial charge in [-0.15, -0.1) is 0 Å². The zero-order chi connectivity index (χ0) is 22.8. The first kappa shape index (κ1) is 19.9. The SMILES string of the molecule is Cc1nc2cnc3ccc(C#Cc4cccnc4)cc3c2n1-c1ccc(CC#N)c(C#N)c1. The standard InChI is InChI=1S/C27H16N6/c1-18-32-26-17-31-25-9-6-19(4-5-20-3-2-12-30-16-20)13-24(25)27(26)33(18)23-8-7-21(10-11-28)22(14-23)15-29/h2-3,6-9,12-14,16-17H,10H2,1H3. The molecule has 5 aromatic rings. The van der Waals surface area contributed by atoms with Crippen LogP contribution in [0.3, 0.4) is 0 Å². The highest BCUT2D eigenvalue weighted by Crippen LogP contribution is 2.29. The van der Waals surface area contributed by atoms with Gasteiger partial charge in [0, 0.05) is 34.6 Å². The quantitative estimate of drug-likeness (QED) is 0.386. The zero-order valence-electron chi connectivity index (χ0n) is 17.7. The second kappa shape index (κ2) is 8.27. The third-order valence-corrected chi connectivity index (χ3v) is 5.40. The molecule has 3 heterocycles. The van der Waals surface area contributed by atoms with E-state index in [0.717, 1.165) is 44.6 Å². The molecule has 0 fully saturated rings. The van der Waals surface area contributed by atoms with E-state index in [2.05, 4.69) is 33.9 Å². The van der Waals surface area contributed by atoms with E-state index < -0.39 is 0 Å². The van der Waals surface area contributed by atoms with Crippen molar-refractivity contribution in [3.8, 4) is 29.7 Å². The van der Waals surface area contributed by atoms with E-state index in [1.165, 1.54) is 0 Å². The Labute approximate surface area is 190 Å². The minimum Gasteiger partial charge on any atom is -0.296 e. The van der Waals surface area contributed by atoms with Crippen LogP contribution < -0.4 is 0 Å². The van der Waals surface area contributed by atoms with Crippen molar-refractivity contribution < 1.29 is 0 Å². The number of nitrogens with zero attached hydrogens (tertiary/aromatic N) is 6. The molecular weight excluding hydrogens is 408 g/mol. The lowest BCUT2D eigenvalue weighted by Crippen LogP contribution is -2.00. The van der Waals surface area contributed by atoms with E-state index in [1.807, 2.05) is 54.0 Å². The van der Waals surface area contributed by atoms with E-state index in [4.69, 9.17) is 10.2 Å². The third-order valence-electron chi connectivity index (χ3n) is 5.40. The molecule has 0 spiro atoms. The predicted octanol–water partition coefficient (Wildman–Crippen LogP) is 4.61. The van der Waals surface area contributed by atoms with Crippen molar-refractivity contribution >= 4 is 21.9 Å². The number of fused-ring (bicyclic) bond motifs is 3. The maximum absolute atomic E-state index is 9.60. The Morgan fingerprint density at radius 3 is 2.61 bits per heavy atom. The molecule has 0 bridgehead atoms. The van der Waals surface area contributed by atoms with Crippen LogP contribution in [0.25, 0.3) is 27.6 Å². The zero-order valence-corrected chi connectivity index (χ0v) is 17.7. The van der Waals surface area contributed by atoms with Gasteiger partial charge in [0.25, 0.3) is 0 Å². The van der Waals surface area contributed by atoms with Crippen molar-refractivity contribution in [2.45, 2.75) is 13.3 Å². The molecule has 0 unspecified atom stereocenters. The second-order valence-electron chi connectivity index (χ2n) is 7.50. The van der Waals surface area contributed by atoms with Gasteiger partial charge in [0.2, 0.25) is 0 Å². The van der Waals surface area contributed by atoms with Gasteiger partial charge in [-0.2, -0.15) is 10.5 Å². The first-order valence-corrected chi connectivity index (χ1v) is 10.3. The molecule has 0 aliphatic heterocycles. The number of aryl methyl sites for hydroxylation is 1. The molecule has 154 valence electrons. The Morgan fingerprint density at radius 2 is 1.82 bits per heavy atom. The Hall–Kier alpha value is -4.99. The van der Waals surface area contributed by atoms with Crippen LogP contribution in [0.1, 0.15) is 28.1 Å². The number of hydrogen-bond donors (Lipinski definition) is 0. The highest BCUT2D eigenvalue weighted by Gasteiger charge is 2.15. The molecule has 6 nitrogen and oxygen atoms in total. The van der Waals surface area contributed by atoms with E-state index in [-0.39, 0.29) is 6.42 Å². The Bertz CT molecular complexity index is 1670. The fourth-order valence-corrected chi connectivity index (χ4v) is 3.89. The number of aromatic nitrogens is 4. The Balaban J connectivity index is 1.72. The van der Waals surface area contributed by atoms with Gasteiger partial charge in [-0.05, 0) is 55.0 Å².